The average Bonchev–Trinajstić information content (AvgIpc) is 3.27. The molecule has 61 heavy (non-hydrogen) atoms. The van der Waals surface area contributed by atoms with Crippen molar-refractivity contribution in [3.05, 3.63) is 96.2 Å². The molecule has 1 unspecified atom stereocenters. The van der Waals surface area contributed by atoms with Gasteiger partial charge in [0.2, 0.25) is 5.88 Å². The number of hydrogen-bond acceptors (Lipinski definition) is 17. The Labute approximate surface area is 352 Å². The van der Waals surface area contributed by atoms with Crippen molar-refractivity contribution in [1.29, 1.82) is 0 Å². The average molecular weight is 844 g/mol. The summed E-state index contributed by atoms with van der Waals surface area (Å²) in [4.78, 5) is 13.6. The smallest absolute Gasteiger partial charge is 0.214 e. The van der Waals surface area contributed by atoms with Gasteiger partial charge >= 0.3 is 0 Å². The van der Waals surface area contributed by atoms with Gasteiger partial charge in [-0.3, -0.25) is 0 Å². The van der Waals surface area contributed by atoms with Gasteiger partial charge in [-0.2, -0.15) is 0 Å². The van der Waals surface area contributed by atoms with Crippen LogP contribution in [0.3, 0.4) is 0 Å². The summed E-state index contributed by atoms with van der Waals surface area (Å²) in [5.41, 5.74) is 1.48. The minimum absolute atomic E-state index is 0.0815. The predicted molar refractivity (Wildman–Crippen MR) is 216 cm³/mol. The summed E-state index contributed by atoms with van der Waals surface area (Å²) in [7, 11) is 0. The van der Waals surface area contributed by atoms with E-state index in [-0.39, 0.29) is 30.3 Å². The standard InChI is InChI=1S/C44H49N3O14/c1-3-5-19-56-31-23-29(45-30(24-31)15-18-34-38(50)41(53)39(51)35(25-48)60-34)13-16-32-33(57-20-6-4-2)17-14-28(46-32)12-11-27-9-7-10-37(47-27)58-21-8-22-59-44-43(55)42(54)40(52)36(26-49)61-44/h3-4,7,9-10,14,17,23-24,34-36,38-44,48-55H,1-2,5-6,8,19-22,25-26H2/t34-,35-,36-,38-,39-,40-,41-,42+,43-,44?/m1/s1. The second-order valence-electron chi connectivity index (χ2n) is 13.6. The molecule has 0 amide bonds. The second kappa shape index (κ2) is 23.5. The zero-order chi connectivity index (χ0) is 43.7. The molecule has 8 N–H and O–H groups in total. The first-order valence-corrected chi connectivity index (χ1v) is 19.4. The van der Waals surface area contributed by atoms with Crippen LogP contribution in [0.25, 0.3) is 0 Å². The second-order valence-corrected chi connectivity index (χ2v) is 13.6. The van der Waals surface area contributed by atoms with Gasteiger partial charge in [-0.15, -0.1) is 13.2 Å². The Morgan fingerprint density at radius 2 is 1.25 bits per heavy atom. The summed E-state index contributed by atoms with van der Waals surface area (Å²) >= 11 is 0. The molecule has 0 bridgehead atoms. The molecule has 17 heteroatoms. The molecule has 2 fully saturated rings. The SMILES string of the molecule is C=CCCOc1cc(C#Cc2nc(C#Cc3cccc(OCCCOC4O[C@H](CO)[C@@H](O)[C@H](O)[C@H]4O)n3)ccc2OCCC=C)nc(C#C[C@H]2O[C@H](CO)[C@@H](O)[C@H](O)[C@@H]2O)c1. The van der Waals surface area contributed by atoms with Gasteiger partial charge in [0.15, 0.2) is 17.7 Å². The van der Waals surface area contributed by atoms with Gasteiger partial charge in [0.05, 0.1) is 39.6 Å². The van der Waals surface area contributed by atoms with Crippen molar-refractivity contribution in [1.82, 2.24) is 15.0 Å². The largest absolute Gasteiger partial charge is 0.493 e. The highest BCUT2D eigenvalue weighted by molar-refractivity contribution is 5.50. The molecule has 0 spiro atoms. The number of nitrogens with zero attached hydrogens (tertiary/aromatic N) is 3. The number of rotatable bonds is 16. The third-order valence-corrected chi connectivity index (χ3v) is 9.08. The Bertz CT molecular complexity index is 2120. The molecule has 0 aromatic carbocycles. The van der Waals surface area contributed by atoms with Crippen LogP contribution in [0.1, 0.15) is 47.7 Å². The van der Waals surface area contributed by atoms with Crippen LogP contribution < -0.4 is 14.2 Å². The van der Waals surface area contributed by atoms with Crippen molar-refractivity contribution < 1.29 is 69.3 Å². The number of aliphatic hydroxyl groups is 8. The molecule has 5 rings (SSSR count). The molecule has 3 aromatic rings. The molecule has 2 saturated heterocycles. The lowest BCUT2D eigenvalue weighted by atomic mass is 9.95. The highest BCUT2D eigenvalue weighted by Crippen LogP contribution is 2.24. The van der Waals surface area contributed by atoms with Crippen LogP contribution in [0.15, 0.2) is 67.8 Å². The third kappa shape index (κ3) is 13.3. The van der Waals surface area contributed by atoms with Gasteiger partial charge in [0, 0.05) is 24.6 Å². The third-order valence-electron chi connectivity index (χ3n) is 9.08. The van der Waals surface area contributed by atoms with E-state index >= 15 is 0 Å². The summed E-state index contributed by atoms with van der Waals surface area (Å²) in [5.74, 6) is 18.6. The Morgan fingerprint density at radius 3 is 1.95 bits per heavy atom. The number of pyridine rings is 3. The van der Waals surface area contributed by atoms with Crippen LogP contribution in [0.5, 0.6) is 17.4 Å². The molecule has 10 atom stereocenters. The zero-order valence-electron chi connectivity index (χ0n) is 33.1. The van der Waals surface area contributed by atoms with Gasteiger partial charge < -0.3 is 69.3 Å². The fourth-order valence-corrected chi connectivity index (χ4v) is 5.77. The van der Waals surface area contributed by atoms with Crippen LogP contribution in [0, 0.1) is 35.5 Å². The van der Waals surface area contributed by atoms with E-state index < -0.39 is 74.4 Å². The lowest BCUT2D eigenvalue weighted by Gasteiger charge is -2.39. The number of aliphatic hydroxyl groups excluding tert-OH is 8. The van der Waals surface area contributed by atoms with E-state index in [2.05, 4.69) is 63.6 Å². The lowest BCUT2D eigenvalue weighted by molar-refractivity contribution is -0.301. The Kier molecular flexibility index (Phi) is 18.0. The van der Waals surface area contributed by atoms with Gasteiger partial charge in [-0.25, -0.2) is 15.0 Å². The maximum Gasteiger partial charge on any atom is 0.214 e. The van der Waals surface area contributed by atoms with Gasteiger partial charge in [0.25, 0.3) is 0 Å². The number of hydrogen-bond donors (Lipinski definition) is 8. The minimum Gasteiger partial charge on any atom is -0.493 e. The van der Waals surface area contributed by atoms with Gasteiger partial charge in [-0.1, -0.05) is 24.1 Å². The normalized spacial score (nSPS) is 25.6. The number of aromatic nitrogens is 3. The Balaban J connectivity index is 1.30. The summed E-state index contributed by atoms with van der Waals surface area (Å²) in [5, 5.41) is 79.7. The quantitative estimate of drug-likeness (QED) is 0.0507. The first-order chi connectivity index (χ1) is 29.5. The topological polar surface area (TPSA) is 256 Å². The molecule has 3 aromatic heterocycles. The van der Waals surface area contributed by atoms with Crippen molar-refractivity contribution in [3.8, 4) is 52.9 Å². The predicted octanol–water partition coefficient (Wildman–Crippen LogP) is -0.640. The van der Waals surface area contributed by atoms with Crippen LogP contribution >= 0.6 is 0 Å². The van der Waals surface area contributed by atoms with Crippen LogP contribution in [-0.2, 0) is 14.2 Å². The maximum absolute atomic E-state index is 10.4. The van der Waals surface area contributed by atoms with Crippen molar-refractivity contribution in [3.63, 3.8) is 0 Å². The molecular formula is C44H49N3O14. The van der Waals surface area contributed by atoms with E-state index in [1.54, 1.807) is 54.6 Å². The summed E-state index contributed by atoms with van der Waals surface area (Å²) < 4.78 is 33.9. The van der Waals surface area contributed by atoms with Crippen LogP contribution in [0.2, 0.25) is 0 Å². The molecule has 324 valence electrons. The van der Waals surface area contributed by atoms with Crippen LogP contribution in [0.4, 0.5) is 0 Å². The lowest BCUT2D eigenvalue weighted by Crippen LogP contribution is -2.59. The molecular weight excluding hydrogens is 794 g/mol. The molecule has 2 aliphatic rings. The van der Waals surface area contributed by atoms with Crippen molar-refractivity contribution in [2.24, 2.45) is 0 Å². The van der Waals surface area contributed by atoms with Crippen LogP contribution in [-0.4, -0.2) is 157 Å². The number of ether oxygens (including phenoxy) is 6. The van der Waals surface area contributed by atoms with Crippen molar-refractivity contribution in [2.45, 2.75) is 80.5 Å². The Morgan fingerprint density at radius 1 is 0.607 bits per heavy atom. The molecule has 17 nitrogen and oxygen atoms in total. The molecule has 5 heterocycles. The van der Waals surface area contributed by atoms with Crippen molar-refractivity contribution in [2.75, 3.05) is 39.6 Å². The van der Waals surface area contributed by atoms with Gasteiger partial charge in [-0.05, 0) is 60.6 Å². The summed E-state index contributed by atoms with van der Waals surface area (Å²) in [6.45, 7) is 7.21. The van der Waals surface area contributed by atoms with Crippen molar-refractivity contribution >= 4 is 0 Å². The van der Waals surface area contributed by atoms with E-state index in [1.807, 2.05) is 0 Å². The monoisotopic (exact) mass is 843 g/mol. The molecule has 0 radical (unpaired) electrons. The fourth-order valence-electron chi connectivity index (χ4n) is 5.77. The van der Waals surface area contributed by atoms with E-state index in [9.17, 15) is 40.9 Å². The molecule has 2 aliphatic heterocycles. The van der Waals surface area contributed by atoms with E-state index in [0.717, 1.165) is 0 Å². The first kappa shape index (κ1) is 46.6. The maximum atomic E-state index is 10.4. The molecule has 0 aliphatic carbocycles. The fraction of sp³-hybridized carbons (Fsp3) is 0.432. The Hall–Kier alpha value is -5.43. The van der Waals surface area contributed by atoms with E-state index in [0.29, 0.717) is 61.2 Å². The zero-order valence-corrected chi connectivity index (χ0v) is 33.1. The summed E-state index contributed by atoms with van der Waals surface area (Å²) in [6, 6.07) is 11.6. The first-order valence-electron chi connectivity index (χ1n) is 19.4. The van der Waals surface area contributed by atoms with E-state index in [4.69, 9.17) is 28.4 Å². The van der Waals surface area contributed by atoms with Gasteiger partial charge in [0.1, 0.15) is 83.5 Å². The highest BCUT2D eigenvalue weighted by atomic mass is 16.7. The summed E-state index contributed by atoms with van der Waals surface area (Å²) in [6.07, 6.45) is -8.86. The minimum atomic E-state index is -1.58. The van der Waals surface area contributed by atoms with E-state index in [1.165, 1.54) is 0 Å². The molecule has 0 saturated carbocycles. The highest BCUT2D eigenvalue weighted by Gasteiger charge is 2.44.